The van der Waals surface area contributed by atoms with Crippen LogP contribution in [0.15, 0.2) is 18.2 Å². The van der Waals surface area contributed by atoms with Gasteiger partial charge in [0.25, 0.3) is 5.69 Å². The van der Waals surface area contributed by atoms with Crippen LogP contribution in [-0.4, -0.2) is 28.6 Å². The molecular weight excluding hydrogens is 332 g/mol. The zero-order chi connectivity index (χ0) is 19.3. The van der Waals surface area contributed by atoms with Crippen molar-refractivity contribution in [2.75, 3.05) is 11.4 Å². The van der Waals surface area contributed by atoms with Gasteiger partial charge in [-0.3, -0.25) is 14.9 Å². The van der Waals surface area contributed by atoms with Crippen LogP contribution < -0.4 is 4.90 Å². The molecule has 26 heavy (non-hydrogen) atoms. The number of nitrogens with zero attached hydrogens (tertiary/aromatic N) is 2. The van der Waals surface area contributed by atoms with Crippen LogP contribution in [0.5, 0.6) is 0 Å². The molecule has 0 unspecified atom stereocenters. The van der Waals surface area contributed by atoms with E-state index in [4.69, 9.17) is 5.11 Å². The van der Waals surface area contributed by atoms with E-state index >= 15 is 0 Å². The van der Waals surface area contributed by atoms with Crippen molar-refractivity contribution in [1.29, 1.82) is 0 Å². The SMILES string of the molecule is CC(C)CN(c1ccc([C@@H](C)CC(=O)O)cc1[N+](=O)[O-])C1CCCCC1. The highest BCUT2D eigenvalue weighted by Gasteiger charge is 2.28. The lowest BCUT2D eigenvalue weighted by molar-refractivity contribution is -0.384. The number of hydrogen-bond acceptors (Lipinski definition) is 4. The van der Waals surface area contributed by atoms with Gasteiger partial charge in [0, 0.05) is 18.7 Å². The topological polar surface area (TPSA) is 83.7 Å². The van der Waals surface area contributed by atoms with E-state index < -0.39 is 5.97 Å². The maximum Gasteiger partial charge on any atom is 0.303 e. The summed E-state index contributed by atoms with van der Waals surface area (Å²) in [6.07, 6.45) is 5.68. The van der Waals surface area contributed by atoms with E-state index in [2.05, 4.69) is 18.7 Å². The average molecular weight is 362 g/mol. The van der Waals surface area contributed by atoms with Gasteiger partial charge in [-0.05, 0) is 36.3 Å². The first-order valence-electron chi connectivity index (χ1n) is 9.56. The molecule has 1 aromatic carbocycles. The first kappa shape index (κ1) is 20.2. The summed E-state index contributed by atoms with van der Waals surface area (Å²) in [6, 6.07) is 5.58. The molecule has 0 aromatic heterocycles. The highest BCUT2D eigenvalue weighted by Crippen LogP contribution is 2.36. The van der Waals surface area contributed by atoms with Crippen molar-refractivity contribution < 1.29 is 14.8 Å². The molecule has 0 aliphatic heterocycles. The quantitative estimate of drug-likeness (QED) is 0.521. The Labute approximate surface area is 155 Å². The number of carboxylic acids is 1. The molecule has 0 heterocycles. The molecule has 1 atom stereocenters. The second kappa shape index (κ2) is 9.01. The lowest BCUT2D eigenvalue weighted by Gasteiger charge is -2.37. The Kier molecular flexibility index (Phi) is 7.00. The van der Waals surface area contributed by atoms with Crippen molar-refractivity contribution in [3.63, 3.8) is 0 Å². The van der Waals surface area contributed by atoms with E-state index in [1.165, 1.54) is 19.3 Å². The molecule has 0 radical (unpaired) electrons. The van der Waals surface area contributed by atoms with Crippen LogP contribution in [0.2, 0.25) is 0 Å². The van der Waals surface area contributed by atoms with E-state index in [9.17, 15) is 14.9 Å². The van der Waals surface area contributed by atoms with Gasteiger partial charge < -0.3 is 10.0 Å². The molecule has 1 fully saturated rings. The minimum Gasteiger partial charge on any atom is -0.481 e. The summed E-state index contributed by atoms with van der Waals surface area (Å²) in [5, 5.41) is 20.7. The highest BCUT2D eigenvalue weighted by atomic mass is 16.6. The molecule has 2 rings (SSSR count). The third-order valence-corrected chi connectivity index (χ3v) is 5.13. The third kappa shape index (κ3) is 5.19. The molecule has 1 aliphatic rings. The summed E-state index contributed by atoms with van der Waals surface area (Å²) in [5.41, 5.74) is 1.46. The maximum absolute atomic E-state index is 11.8. The van der Waals surface area contributed by atoms with E-state index in [0.29, 0.717) is 23.2 Å². The van der Waals surface area contributed by atoms with Gasteiger partial charge in [-0.1, -0.05) is 46.1 Å². The van der Waals surface area contributed by atoms with Gasteiger partial charge in [-0.15, -0.1) is 0 Å². The number of nitro groups is 1. The van der Waals surface area contributed by atoms with Crippen molar-refractivity contribution >= 4 is 17.3 Å². The highest BCUT2D eigenvalue weighted by molar-refractivity contribution is 5.69. The van der Waals surface area contributed by atoms with Gasteiger partial charge in [0.1, 0.15) is 5.69 Å². The molecule has 1 N–H and O–H groups in total. The Balaban J connectivity index is 2.39. The van der Waals surface area contributed by atoms with Crippen LogP contribution in [0, 0.1) is 16.0 Å². The Hall–Kier alpha value is -2.11. The Morgan fingerprint density at radius 2 is 1.92 bits per heavy atom. The van der Waals surface area contributed by atoms with Gasteiger partial charge in [0.15, 0.2) is 0 Å². The second-order valence-electron chi connectivity index (χ2n) is 7.84. The number of hydrogen-bond donors (Lipinski definition) is 1. The fourth-order valence-electron chi connectivity index (χ4n) is 3.85. The van der Waals surface area contributed by atoms with Crippen LogP contribution in [0.3, 0.4) is 0 Å². The smallest absolute Gasteiger partial charge is 0.303 e. The lowest BCUT2D eigenvalue weighted by atomic mass is 9.92. The number of anilines is 1. The summed E-state index contributed by atoms with van der Waals surface area (Å²) < 4.78 is 0. The van der Waals surface area contributed by atoms with Crippen LogP contribution in [0.1, 0.15) is 70.8 Å². The first-order chi connectivity index (χ1) is 12.3. The summed E-state index contributed by atoms with van der Waals surface area (Å²) in [5.74, 6) is -0.747. The fraction of sp³-hybridized carbons (Fsp3) is 0.650. The van der Waals surface area contributed by atoms with Crippen LogP contribution in [-0.2, 0) is 4.79 Å². The third-order valence-electron chi connectivity index (χ3n) is 5.13. The molecule has 6 nitrogen and oxygen atoms in total. The number of nitro benzene ring substituents is 1. The largest absolute Gasteiger partial charge is 0.481 e. The Morgan fingerprint density at radius 1 is 1.27 bits per heavy atom. The first-order valence-corrected chi connectivity index (χ1v) is 9.56. The van der Waals surface area contributed by atoms with Crippen molar-refractivity contribution in [3.8, 4) is 0 Å². The zero-order valence-corrected chi connectivity index (χ0v) is 16.0. The number of carboxylic acid groups (broad SMARTS) is 1. The van der Waals surface area contributed by atoms with Crippen molar-refractivity contribution in [2.45, 2.75) is 71.3 Å². The second-order valence-corrected chi connectivity index (χ2v) is 7.84. The van der Waals surface area contributed by atoms with E-state index in [-0.39, 0.29) is 22.9 Å². The molecule has 1 saturated carbocycles. The molecule has 0 spiro atoms. The molecule has 6 heteroatoms. The van der Waals surface area contributed by atoms with Crippen molar-refractivity contribution in [2.24, 2.45) is 5.92 Å². The Morgan fingerprint density at radius 3 is 2.46 bits per heavy atom. The summed E-state index contributed by atoms with van der Waals surface area (Å²) in [6.45, 7) is 6.84. The number of carbonyl (C=O) groups is 1. The molecule has 0 bridgehead atoms. The molecule has 144 valence electrons. The van der Waals surface area contributed by atoms with Gasteiger partial charge in [0.2, 0.25) is 0 Å². The molecule has 1 aliphatic carbocycles. The van der Waals surface area contributed by atoms with Gasteiger partial charge >= 0.3 is 5.97 Å². The number of benzene rings is 1. The molecule has 0 saturated heterocycles. The summed E-state index contributed by atoms with van der Waals surface area (Å²) in [7, 11) is 0. The van der Waals surface area contributed by atoms with E-state index in [1.54, 1.807) is 13.0 Å². The van der Waals surface area contributed by atoms with Gasteiger partial charge in [-0.2, -0.15) is 0 Å². The minimum absolute atomic E-state index is 0.0329. The zero-order valence-electron chi connectivity index (χ0n) is 16.0. The van der Waals surface area contributed by atoms with Crippen LogP contribution >= 0.6 is 0 Å². The van der Waals surface area contributed by atoms with Crippen LogP contribution in [0.25, 0.3) is 0 Å². The maximum atomic E-state index is 11.8. The van der Waals surface area contributed by atoms with Crippen molar-refractivity contribution in [1.82, 2.24) is 0 Å². The van der Waals surface area contributed by atoms with Crippen molar-refractivity contribution in [3.05, 3.63) is 33.9 Å². The normalized spacial score (nSPS) is 16.5. The molecule has 0 amide bonds. The molecule has 1 aromatic rings. The van der Waals surface area contributed by atoms with Crippen LogP contribution in [0.4, 0.5) is 11.4 Å². The van der Waals surface area contributed by atoms with Gasteiger partial charge in [0.05, 0.1) is 11.3 Å². The predicted molar refractivity (Wildman–Crippen MR) is 103 cm³/mol. The average Bonchev–Trinajstić information content (AvgIpc) is 2.59. The fourth-order valence-corrected chi connectivity index (χ4v) is 3.85. The summed E-state index contributed by atoms with van der Waals surface area (Å²) >= 11 is 0. The van der Waals surface area contributed by atoms with E-state index in [1.807, 2.05) is 12.1 Å². The predicted octanol–water partition coefficient (Wildman–Crippen LogP) is 4.97. The number of aliphatic carboxylic acids is 1. The standard InChI is InChI=1S/C20H30N2O4/c1-14(2)13-21(17-7-5-4-6-8-17)18-10-9-16(12-19(18)22(25)26)15(3)11-20(23)24/h9-10,12,14-15,17H,4-8,11,13H2,1-3H3,(H,23,24)/t15-/m0/s1. The lowest BCUT2D eigenvalue weighted by Crippen LogP contribution is -2.39. The monoisotopic (exact) mass is 362 g/mol. The summed E-state index contributed by atoms with van der Waals surface area (Å²) in [4.78, 5) is 24.6. The molecular formula is C20H30N2O4. The minimum atomic E-state index is -0.895. The van der Waals surface area contributed by atoms with Gasteiger partial charge in [-0.25, -0.2) is 0 Å². The number of rotatable bonds is 8. The Bertz CT molecular complexity index is 639. The van der Waals surface area contributed by atoms with E-state index in [0.717, 1.165) is 19.4 Å².